The first kappa shape index (κ1) is 12.6. The van der Waals surface area contributed by atoms with E-state index in [0.29, 0.717) is 4.70 Å². The van der Waals surface area contributed by atoms with Crippen LogP contribution in [0.1, 0.15) is 16.9 Å². The summed E-state index contributed by atoms with van der Waals surface area (Å²) < 4.78 is 41.1. The molecule has 1 atom stereocenters. The van der Waals surface area contributed by atoms with Gasteiger partial charge in [-0.05, 0) is 18.4 Å². The second-order valence-corrected chi connectivity index (χ2v) is 5.91. The zero-order valence-electron chi connectivity index (χ0n) is 10.2. The van der Waals surface area contributed by atoms with Crippen molar-refractivity contribution in [3.8, 4) is 0 Å². The fraction of sp³-hybridized carbons (Fsp3) is 0.385. The van der Waals surface area contributed by atoms with E-state index in [2.05, 4.69) is 10.2 Å². The number of rotatable bonds is 1. The molecule has 6 heteroatoms. The molecular formula is C13H11F3N2S. The third-order valence-electron chi connectivity index (χ3n) is 3.40. The molecule has 0 N–H and O–H groups in total. The molecule has 2 heterocycles. The van der Waals surface area contributed by atoms with Crippen LogP contribution in [-0.4, -0.2) is 12.7 Å². The first-order valence-electron chi connectivity index (χ1n) is 5.89. The Morgan fingerprint density at radius 3 is 2.74 bits per heavy atom. The molecule has 2 aromatic rings. The Kier molecular flexibility index (Phi) is 2.67. The van der Waals surface area contributed by atoms with Crippen LogP contribution >= 0.6 is 11.3 Å². The maximum Gasteiger partial charge on any atom is 0.419 e. The molecule has 3 rings (SSSR count). The molecule has 0 saturated carbocycles. The SMILES string of the molecule is Cc1cc2cccc(C3(C(F)(F)F)CCN=N3)c2s1. The van der Waals surface area contributed by atoms with Gasteiger partial charge in [-0.25, -0.2) is 0 Å². The minimum absolute atomic E-state index is 0.105. The number of hydrogen-bond acceptors (Lipinski definition) is 3. The maximum atomic E-state index is 13.5. The van der Waals surface area contributed by atoms with E-state index in [0.717, 1.165) is 10.3 Å². The molecule has 0 aliphatic carbocycles. The van der Waals surface area contributed by atoms with Crippen molar-refractivity contribution in [2.45, 2.75) is 25.1 Å². The first-order chi connectivity index (χ1) is 8.94. The molecule has 100 valence electrons. The lowest BCUT2D eigenvalue weighted by atomic mass is 9.87. The predicted octanol–water partition coefficient (Wildman–Crippen LogP) is 4.82. The fourth-order valence-corrected chi connectivity index (χ4v) is 3.59. The molecule has 2 nitrogen and oxygen atoms in total. The molecule has 0 radical (unpaired) electrons. The Balaban J connectivity index is 2.30. The van der Waals surface area contributed by atoms with Crippen LogP contribution in [0.15, 0.2) is 34.5 Å². The van der Waals surface area contributed by atoms with Gasteiger partial charge >= 0.3 is 6.18 Å². The second-order valence-electron chi connectivity index (χ2n) is 4.65. The summed E-state index contributed by atoms with van der Waals surface area (Å²) in [6, 6.07) is 6.92. The van der Waals surface area contributed by atoms with Crippen LogP contribution in [0.5, 0.6) is 0 Å². The van der Waals surface area contributed by atoms with Gasteiger partial charge in [0.2, 0.25) is 5.54 Å². The lowest BCUT2D eigenvalue weighted by Gasteiger charge is -2.28. The van der Waals surface area contributed by atoms with Gasteiger partial charge in [-0.1, -0.05) is 18.2 Å². The normalized spacial score (nSPS) is 23.4. The quantitative estimate of drug-likeness (QED) is 0.717. The molecule has 0 fully saturated rings. The largest absolute Gasteiger partial charge is 0.419 e. The Morgan fingerprint density at radius 1 is 1.32 bits per heavy atom. The number of alkyl halides is 3. The van der Waals surface area contributed by atoms with Crippen LogP contribution in [0.4, 0.5) is 13.2 Å². The van der Waals surface area contributed by atoms with Crippen LogP contribution in [0.2, 0.25) is 0 Å². The summed E-state index contributed by atoms with van der Waals surface area (Å²) in [5, 5.41) is 8.02. The van der Waals surface area contributed by atoms with E-state index >= 15 is 0 Å². The van der Waals surface area contributed by atoms with E-state index in [9.17, 15) is 13.2 Å². The zero-order chi connectivity index (χ0) is 13.7. The maximum absolute atomic E-state index is 13.5. The first-order valence-corrected chi connectivity index (χ1v) is 6.71. The van der Waals surface area contributed by atoms with Gasteiger partial charge in [-0.15, -0.1) is 11.3 Å². The van der Waals surface area contributed by atoms with Gasteiger partial charge in [0.1, 0.15) is 0 Å². The molecule has 1 aromatic carbocycles. The summed E-state index contributed by atoms with van der Waals surface area (Å²) in [4.78, 5) is 0.995. The van der Waals surface area contributed by atoms with Crippen molar-refractivity contribution in [2.24, 2.45) is 10.2 Å². The van der Waals surface area contributed by atoms with Crippen molar-refractivity contribution in [1.29, 1.82) is 0 Å². The highest BCUT2D eigenvalue weighted by atomic mass is 32.1. The van der Waals surface area contributed by atoms with Crippen LogP contribution in [-0.2, 0) is 5.54 Å². The number of fused-ring (bicyclic) bond motifs is 1. The van der Waals surface area contributed by atoms with Crippen molar-refractivity contribution in [3.05, 3.63) is 34.7 Å². The third-order valence-corrected chi connectivity index (χ3v) is 4.50. The lowest BCUT2D eigenvalue weighted by Crippen LogP contribution is -2.39. The smallest absolute Gasteiger partial charge is 0.193 e. The monoisotopic (exact) mass is 284 g/mol. The molecule has 0 saturated heterocycles. The van der Waals surface area contributed by atoms with E-state index < -0.39 is 11.7 Å². The Labute approximate surface area is 112 Å². The summed E-state index contributed by atoms with van der Waals surface area (Å²) >= 11 is 1.38. The number of benzene rings is 1. The highest BCUT2D eigenvalue weighted by Crippen LogP contribution is 2.50. The highest BCUT2D eigenvalue weighted by molar-refractivity contribution is 7.19. The van der Waals surface area contributed by atoms with E-state index in [4.69, 9.17) is 0 Å². The topological polar surface area (TPSA) is 24.7 Å². The molecule has 0 spiro atoms. The standard InChI is InChI=1S/C13H11F3N2S/c1-8-7-9-3-2-4-10(11(9)19-8)12(13(14,15)16)5-6-17-18-12/h2-4,7H,5-6H2,1H3. The molecule has 1 aliphatic rings. The van der Waals surface area contributed by atoms with Gasteiger partial charge in [0.25, 0.3) is 0 Å². The summed E-state index contributed by atoms with van der Waals surface area (Å²) in [5.74, 6) is 0. The fourth-order valence-electron chi connectivity index (χ4n) is 2.49. The summed E-state index contributed by atoms with van der Waals surface area (Å²) in [6.45, 7) is 2.02. The average Bonchev–Trinajstić information content (AvgIpc) is 2.91. The van der Waals surface area contributed by atoms with Gasteiger partial charge in [-0.3, -0.25) is 0 Å². The van der Waals surface area contributed by atoms with Crippen LogP contribution in [0.25, 0.3) is 10.1 Å². The number of halogens is 3. The van der Waals surface area contributed by atoms with Crippen molar-refractivity contribution in [2.75, 3.05) is 6.54 Å². The lowest BCUT2D eigenvalue weighted by molar-refractivity contribution is -0.187. The Hall–Kier alpha value is -1.43. The van der Waals surface area contributed by atoms with Crippen molar-refractivity contribution < 1.29 is 13.2 Å². The van der Waals surface area contributed by atoms with Gasteiger partial charge in [0.15, 0.2) is 0 Å². The molecule has 0 amide bonds. The molecule has 19 heavy (non-hydrogen) atoms. The highest BCUT2D eigenvalue weighted by Gasteiger charge is 2.58. The van der Waals surface area contributed by atoms with Gasteiger partial charge < -0.3 is 0 Å². The van der Waals surface area contributed by atoms with Crippen molar-refractivity contribution in [1.82, 2.24) is 0 Å². The summed E-state index contributed by atoms with van der Waals surface area (Å²) in [5.41, 5.74) is -1.93. The molecule has 1 unspecified atom stereocenters. The number of azo groups is 1. The van der Waals surface area contributed by atoms with Gasteiger partial charge in [0, 0.05) is 21.6 Å². The van der Waals surface area contributed by atoms with E-state index in [1.807, 2.05) is 19.1 Å². The number of hydrogen-bond donors (Lipinski definition) is 0. The van der Waals surface area contributed by atoms with Crippen LogP contribution < -0.4 is 0 Å². The minimum Gasteiger partial charge on any atom is -0.193 e. The Morgan fingerprint density at radius 2 is 2.11 bits per heavy atom. The van der Waals surface area contributed by atoms with E-state index in [1.54, 1.807) is 6.07 Å². The van der Waals surface area contributed by atoms with E-state index in [1.165, 1.54) is 17.4 Å². The molecular weight excluding hydrogens is 273 g/mol. The zero-order valence-corrected chi connectivity index (χ0v) is 11.0. The average molecular weight is 284 g/mol. The van der Waals surface area contributed by atoms with E-state index in [-0.39, 0.29) is 18.5 Å². The van der Waals surface area contributed by atoms with Gasteiger partial charge in [0.05, 0.1) is 6.54 Å². The Bertz CT molecular complexity index is 659. The number of thiophene rings is 1. The summed E-state index contributed by atoms with van der Waals surface area (Å²) in [6.07, 6.45) is -4.52. The summed E-state index contributed by atoms with van der Waals surface area (Å²) in [7, 11) is 0. The third kappa shape index (κ3) is 1.77. The molecule has 0 bridgehead atoms. The molecule has 1 aromatic heterocycles. The number of nitrogens with zero attached hydrogens (tertiary/aromatic N) is 2. The van der Waals surface area contributed by atoms with Crippen LogP contribution in [0, 0.1) is 6.92 Å². The second kappa shape index (κ2) is 4.03. The minimum atomic E-state index is -4.42. The molecule has 1 aliphatic heterocycles. The predicted molar refractivity (Wildman–Crippen MR) is 68.6 cm³/mol. The van der Waals surface area contributed by atoms with Crippen molar-refractivity contribution in [3.63, 3.8) is 0 Å². The van der Waals surface area contributed by atoms with Crippen molar-refractivity contribution >= 4 is 21.4 Å². The van der Waals surface area contributed by atoms with Crippen LogP contribution in [0.3, 0.4) is 0 Å². The number of aryl methyl sites for hydroxylation is 1. The van der Waals surface area contributed by atoms with Gasteiger partial charge in [-0.2, -0.15) is 23.4 Å².